The molecule has 0 radical (unpaired) electrons. The van der Waals surface area contributed by atoms with Crippen molar-refractivity contribution in [2.45, 2.75) is 38.1 Å². The van der Waals surface area contributed by atoms with Gasteiger partial charge in [0.1, 0.15) is 0 Å². The summed E-state index contributed by atoms with van der Waals surface area (Å²) in [6, 6.07) is 5.02. The van der Waals surface area contributed by atoms with Crippen LogP contribution in [0.15, 0.2) is 22.5 Å². The Morgan fingerprint density at radius 2 is 2.14 bits per heavy atom. The molecule has 1 spiro atoms. The maximum absolute atomic E-state index is 5.59. The van der Waals surface area contributed by atoms with E-state index in [0.29, 0.717) is 17.4 Å². The van der Waals surface area contributed by atoms with Crippen LogP contribution in [0.3, 0.4) is 0 Å². The summed E-state index contributed by atoms with van der Waals surface area (Å²) in [5.74, 6) is 1.73. The first kappa shape index (κ1) is 22.3. The lowest BCUT2D eigenvalue weighted by molar-refractivity contribution is 0.0217. The first-order valence-corrected chi connectivity index (χ1v) is 11.4. The number of hydrogen-bond acceptors (Lipinski definition) is 4. The molecule has 1 aromatic heterocycles. The van der Waals surface area contributed by atoms with Crippen molar-refractivity contribution in [1.82, 2.24) is 15.1 Å². The molecule has 3 saturated heterocycles. The first-order valence-electron chi connectivity index (χ1n) is 10.5. The first-order chi connectivity index (χ1) is 13.2. The number of halogens is 1. The lowest BCUT2D eigenvalue weighted by atomic mass is 9.80. The Kier molecular flexibility index (Phi) is 8.04. The normalized spacial score (nSPS) is 28.4. The van der Waals surface area contributed by atoms with Gasteiger partial charge in [0, 0.05) is 50.8 Å². The number of hydrogen-bond donors (Lipinski definition) is 1. The second-order valence-corrected chi connectivity index (χ2v) is 9.53. The largest absolute Gasteiger partial charge is 0.381 e. The standard InChI is InChI=1S/C21H34N4OS.HI/c1-22-20(25-11-7-21(16-25)8-12-26-13-9-21)23-15-17-5-3-10-24(2)19(17)18-6-4-14-27-18;/h4,6,14,17,19H,3,5,7-13,15-16H2,1-2H3,(H,22,23);1H. The van der Waals surface area contributed by atoms with Gasteiger partial charge in [-0.3, -0.25) is 9.89 Å². The molecule has 158 valence electrons. The van der Waals surface area contributed by atoms with Gasteiger partial charge < -0.3 is 15.0 Å². The molecule has 0 bridgehead atoms. The molecule has 0 aromatic carbocycles. The van der Waals surface area contributed by atoms with E-state index >= 15 is 0 Å². The van der Waals surface area contributed by atoms with Gasteiger partial charge in [0.25, 0.3) is 0 Å². The minimum Gasteiger partial charge on any atom is -0.381 e. The van der Waals surface area contributed by atoms with Crippen LogP contribution in [-0.2, 0) is 4.74 Å². The van der Waals surface area contributed by atoms with E-state index in [1.807, 2.05) is 18.4 Å². The Hall–Kier alpha value is -0.380. The number of rotatable bonds is 3. The van der Waals surface area contributed by atoms with E-state index in [9.17, 15) is 0 Å². The fourth-order valence-corrected chi connectivity index (χ4v) is 6.25. The van der Waals surface area contributed by atoms with E-state index in [4.69, 9.17) is 4.74 Å². The third-order valence-electron chi connectivity index (χ3n) is 6.87. The minimum atomic E-state index is 0. The highest BCUT2D eigenvalue weighted by atomic mass is 127. The molecule has 4 rings (SSSR count). The zero-order valence-corrected chi connectivity index (χ0v) is 20.4. The third-order valence-corrected chi connectivity index (χ3v) is 7.81. The predicted molar refractivity (Wildman–Crippen MR) is 128 cm³/mol. The highest BCUT2D eigenvalue weighted by Crippen LogP contribution is 2.40. The van der Waals surface area contributed by atoms with E-state index in [1.165, 1.54) is 43.5 Å². The van der Waals surface area contributed by atoms with E-state index in [0.717, 1.165) is 38.8 Å². The molecule has 0 saturated carbocycles. The number of piperidine rings is 1. The van der Waals surface area contributed by atoms with Crippen LogP contribution >= 0.6 is 35.3 Å². The zero-order chi connectivity index (χ0) is 18.7. The van der Waals surface area contributed by atoms with Gasteiger partial charge in [-0.15, -0.1) is 35.3 Å². The highest BCUT2D eigenvalue weighted by Gasteiger charge is 2.40. The molecule has 2 atom stereocenters. The zero-order valence-electron chi connectivity index (χ0n) is 17.2. The molecule has 3 aliphatic rings. The van der Waals surface area contributed by atoms with Crippen LogP contribution in [0.25, 0.3) is 0 Å². The van der Waals surface area contributed by atoms with Crippen molar-refractivity contribution in [2.75, 3.05) is 53.5 Å². The molecular weight excluding hydrogens is 483 g/mol. The number of nitrogens with one attached hydrogen (secondary N) is 1. The summed E-state index contributed by atoms with van der Waals surface area (Å²) in [6.07, 6.45) is 6.26. The van der Waals surface area contributed by atoms with Crippen LogP contribution in [0.5, 0.6) is 0 Å². The van der Waals surface area contributed by atoms with E-state index in [-0.39, 0.29) is 24.0 Å². The lowest BCUT2D eigenvalue weighted by Crippen LogP contribution is -2.46. The molecule has 7 heteroatoms. The van der Waals surface area contributed by atoms with Crippen LogP contribution in [-0.4, -0.2) is 69.2 Å². The fourth-order valence-electron chi connectivity index (χ4n) is 5.27. The molecule has 4 heterocycles. The SMILES string of the molecule is CN=C(NCC1CCCN(C)C1c1cccs1)N1CCC2(CCOCC2)C1.I. The Balaban J connectivity index is 0.00000225. The van der Waals surface area contributed by atoms with Crippen molar-refractivity contribution in [3.63, 3.8) is 0 Å². The summed E-state index contributed by atoms with van der Waals surface area (Å²) in [5, 5.41) is 5.95. The smallest absolute Gasteiger partial charge is 0.193 e. The molecule has 1 N–H and O–H groups in total. The van der Waals surface area contributed by atoms with Crippen LogP contribution in [0.2, 0.25) is 0 Å². The Morgan fingerprint density at radius 1 is 1.32 bits per heavy atom. The van der Waals surface area contributed by atoms with Crippen molar-refractivity contribution in [3.8, 4) is 0 Å². The topological polar surface area (TPSA) is 40.1 Å². The average Bonchev–Trinajstić information content (AvgIpc) is 3.34. The van der Waals surface area contributed by atoms with Crippen LogP contribution in [0.4, 0.5) is 0 Å². The highest BCUT2D eigenvalue weighted by molar-refractivity contribution is 14.0. The monoisotopic (exact) mass is 518 g/mol. The molecular formula is C21H35IN4OS. The molecule has 1 aromatic rings. The van der Waals surface area contributed by atoms with Gasteiger partial charge in [-0.05, 0) is 68.5 Å². The van der Waals surface area contributed by atoms with Gasteiger partial charge in [-0.25, -0.2) is 0 Å². The number of likely N-dealkylation sites (tertiary alicyclic amines) is 2. The van der Waals surface area contributed by atoms with Crippen molar-refractivity contribution < 1.29 is 4.74 Å². The Labute approximate surface area is 190 Å². The molecule has 5 nitrogen and oxygen atoms in total. The molecule has 28 heavy (non-hydrogen) atoms. The summed E-state index contributed by atoms with van der Waals surface area (Å²) in [6.45, 7) is 6.32. The van der Waals surface area contributed by atoms with E-state index in [2.05, 4.69) is 44.7 Å². The van der Waals surface area contributed by atoms with Gasteiger partial charge in [-0.1, -0.05) is 6.07 Å². The summed E-state index contributed by atoms with van der Waals surface area (Å²) in [7, 11) is 4.21. The minimum absolute atomic E-state index is 0. The van der Waals surface area contributed by atoms with Crippen molar-refractivity contribution >= 4 is 41.3 Å². The second kappa shape index (κ2) is 10.1. The second-order valence-electron chi connectivity index (χ2n) is 8.56. The van der Waals surface area contributed by atoms with Gasteiger partial charge in [0.2, 0.25) is 0 Å². The molecule has 0 aliphatic carbocycles. The third kappa shape index (κ3) is 4.84. The Morgan fingerprint density at radius 3 is 2.86 bits per heavy atom. The molecule has 3 fully saturated rings. The van der Waals surface area contributed by atoms with Gasteiger partial charge in [-0.2, -0.15) is 0 Å². The average molecular weight is 519 g/mol. The van der Waals surface area contributed by atoms with Crippen molar-refractivity contribution in [2.24, 2.45) is 16.3 Å². The summed E-state index contributed by atoms with van der Waals surface area (Å²) < 4.78 is 5.59. The number of thiophene rings is 1. The van der Waals surface area contributed by atoms with Gasteiger partial charge in [0.05, 0.1) is 0 Å². The molecule has 3 aliphatic heterocycles. The number of guanidine groups is 1. The maximum atomic E-state index is 5.59. The van der Waals surface area contributed by atoms with Crippen LogP contribution in [0.1, 0.15) is 43.0 Å². The summed E-state index contributed by atoms with van der Waals surface area (Å²) >= 11 is 1.89. The van der Waals surface area contributed by atoms with Gasteiger partial charge >= 0.3 is 0 Å². The summed E-state index contributed by atoms with van der Waals surface area (Å²) in [5.41, 5.74) is 0.459. The number of nitrogens with zero attached hydrogens (tertiary/aromatic N) is 3. The van der Waals surface area contributed by atoms with E-state index in [1.54, 1.807) is 0 Å². The lowest BCUT2D eigenvalue weighted by Gasteiger charge is -2.39. The van der Waals surface area contributed by atoms with Crippen molar-refractivity contribution in [1.29, 1.82) is 0 Å². The maximum Gasteiger partial charge on any atom is 0.193 e. The summed E-state index contributed by atoms with van der Waals surface area (Å²) in [4.78, 5) is 11.2. The Bertz CT molecular complexity index is 632. The van der Waals surface area contributed by atoms with E-state index < -0.39 is 0 Å². The molecule has 2 unspecified atom stereocenters. The van der Waals surface area contributed by atoms with Gasteiger partial charge in [0.15, 0.2) is 5.96 Å². The van der Waals surface area contributed by atoms with Crippen LogP contribution < -0.4 is 5.32 Å². The molecule has 0 amide bonds. The number of aliphatic imine (C=N–C) groups is 1. The fraction of sp³-hybridized carbons (Fsp3) is 0.762. The quantitative estimate of drug-likeness (QED) is 0.375. The number of ether oxygens (including phenoxy) is 1. The van der Waals surface area contributed by atoms with Crippen LogP contribution in [0, 0.1) is 11.3 Å². The van der Waals surface area contributed by atoms with Crippen molar-refractivity contribution in [3.05, 3.63) is 22.4 Å². The predicted octanol–water partition coefficient (Wildman–Crippen LogP) is 3.83.